The standard InChI is InChI=1S/C16H19F3N6O/c17-16(18,19)11-5-1-2-6-12(11)21-14-22-13(20-7-10-26)23-15(24-14)25-8-3-4-9-25/h1-2,5-6,26H,3-4,7-10H2,(H2,20,21,22,23,24). The molecule has 1 saturated heterocycles. The van der Waals surface area contributed by atoms with Crippen molar-refractivity contribution < 1.29 is 18.3 Å². The van der Waals surface area contributed by atoms with Gasteiger partial charge in [0.05, 0.1) is 17.9 Å². The molecule has 26 heavy (non-hydrogen) atoms. The summed E-state index contributed by atoms with van der Waals surface area (Å²) in [7, 11) is 0. The van der Waals surface area contributed by atoms with Crippen LogP contribution in [0.5, 0.6) is 0 Å². The number of aromatic nitrogens is 3. The van der Waals surface area contributed by atoms with Crippen molar-refractivity contribution in [2.75, 3.05) is 41.8 Å². The number of alkyl halides is 3. The Hall–Kier alpha value is -2.62. The van der Waals surface area contributed by atoms with Gasteiger partial charge in [-0.3, -0.25) is 0 Å². The highest BCUT2D eigenvalue weighted by Gasteiger charge is 2.33. The van der Waals surface area contributed by atoms with Gasteiger partial charge in [-0.05, 0) is 25.0 Å². The molecule has 0 saturated carbocycles. The molecule has 1 aliphatic heterocycles. The Kier molecular flexibility index (Phi) is 5.40. The van der Waals surface area contributed by atoms with Crippen molar-refractivity contribution in [3.63, 3.8) is 0 Å². The van der Waals surface area contributed by atoms with Crippen molar-refractivity contribution in [2.45, 2.75) is 19.0 Å². The molecule has 0 unspecified atom stereocenters. The molecule has 0 radical (unpaired) electrons. The van der Waals surface area contributed by atoms with Crippen LogP contribution in [0.4, 0.5) is 36.7 Å². The summed E-state index contributed by atoms with van der Waals surface area (Å²) in [6.07, 6.45) is -2.48. The van der Waals surface area contributed by atoms with Crippen molar-refractivity contribution in [3.8, 4) is 0 Å². The van der Waals surface area contributed by atoms with Crippen LogP contribution >= 0.6 is 0 Å². The van der Waals surface area contributed by atoms with Gasteiger partial charge in [0, 0.05) is 19.6 Å². The molecular weight excluding hydrogens is 349 g/mol. The number of anilines is 4. The summed E-state index contributed by atoms with van der Waals surface area (Å²) in [5, 5.41) is 14.4. The van der Waals surface area contributed by atoms with Gasteiger partial charge in [0.2, 0.25) is 17.8 Å². The second kappa shape index (κ2) is 7.73. The van der Waals surface area contributed by atoms with Gasteiger partial charge in [0.1, 0.15) is 0 Å². The number of aliphatic hydroxyl groups excluding tert-OH is 1. The van der Waals surface area contributed by atoms with Crippen LogP contribution in [0.3, 0.4) is 0 Å². The molecule has 140 valence electrons. The van der Waals surface area contributed by atoms with E-state index >= 15 is 0 Å². The number of hydrogen-bond acceptors (Lipinski definition) is 7. The van der Waals surface area contributed by atoms with E-state index in [2.05, 4.69) is 25.6 Å². The Morgan fingerprint density at radius 3 is 2.42 bits per heavy atom. The average molecular weight is 368 g/mol. The SMILES string of the molecule is OCCNc1nc(Nc2ccccc2C(F)(F)F)nc(N2CCCC2)n1. The zero-order valence-electron chi connectivity index (χ0n) is 13.9. The van der Waals surface area contributed by atoms with Crippen molar-refractivity contribution in [2.24, 2.45) is 0 Å². The molecule has 1 aromatic heterocycles. The molecule has 1 aromatic carbocycles. The van der Waals surface area contributed by atoms with E-state index in [9.17, 15) is 13.2 Å². The number of rotatable bonds is 6. The summed E-state index contributed by atoms with van der Waals surface area (Å²) in [4.78, 5) is 14.6. The van der Waals surface area contributed by atoms with Gasteiger partial charge in [-0.25, -0.2) is 0 Å². The lowest BCUT2D eigenvalue weighted by Gasteiger charge is -2.18. The summed E-state index contributed by atoms with van der Waals surface area (Å²) >= 11 is 0. The van der Waals surface area contributed by atoms with Gasteiger partial charge in [0.15, 0.2) is 0 Å². The van der Waals surface area contributed by atoms with E-state index in [0.717, 1.165) is 32.0 Å². The van der Waals surface area contributed by atoms with Crippen LogP contribution in [0.15, 0.2) is 24.3 Å². The maximum Gasteiger partial charge on any atom is 0.418 e. The van der Waals surface area contributed by atoms with Crippen LogP contribution in [0.2, 0.25) is 0 Å². The molecule has 0 aliphatic carbocycles. The van der Waals surface area contributed by atoms with E-state index in [1.165, 1.54) is 18.2 Å². The average Bonchev–Trinajstić information content (AvgIpc) is 3.14. The van der Waals surface area contributed by atoms with Crippen LogP contribution in [0.25, 0.3) is 0 Å². The van der Waals surface area contributed by atoms with E-state index in [4.69, 9.17) is 5.11 Å². The molecule has 2 heterocycles. The first-order chi connectivity index (χ1) is 12.5. The summed E-state index contributed by atoms with van der Waals surface area (Å²) in [5.41, 5.74) is -0.931. The minimum atomic E-state index is -4.49. The monoisotopic (exact) mass is 368 g/mol. The highest BCUT2D eigenvalue weighted by molar-refractivity contribution is 5.61. The summed E-state index contributed by atoms with van der Waals surface area (Å²) in [5.74, 6) is 0.604. The minimum absolute atomic E-state index is 0.0130. The lowest BCUT2D eigenvalue weighted by Crippen LogP contribution is -2.22. The van der Waals surface area contributed by atoms with E-state index in [1.54, 1.807) is 0 Å². The van der Waals surface area contributed by atoms with Crippen LogP contribution in [0.1, 0.15) is 18.4 Å². The number of para-hydroxylation sites is 1. The van der Waals surface area contributed by atoms with Gasteiger partial charge >= 0.3 is 6.18 Å². The maximum absolute atomic E-state index is 13.2. The van der Waals surface area contributed by atoms with E-state index in [1.807, 2.05) is 4.90 Å². The van der Waals surface area contributed by atoms with Crippen molar-refractivity contribution in [3.05, 3.63) is 29.8 Å². The fourth-order valence-corrected chi connectivity index (χ4v) is 2.69. The van der Waals surface area contributed by atoms with Crippen molar-refractivity contribution >= 4 is 23.5 Å². The highest BCUT2D eigenvalue weighted by Crippen LogP contribution is 2.35. The van der Waals surface area contributed by atoms with Crippen molar-refractivity contribution in [1.29, 1.82) is 0 Å². The molecule has 0 amide bonds. The molecule has 7 nitrogen and oxygen atoms in total. The Bertz CT molecular complexity index is 749. The zero-order chi connectivity index (χ0) is 18.6. The lowest BCUT2D eigenvalue weighted by atomic mass is 10.1. The lowest BCUT2D eigenvalue weighted by molar-refractivity contribution is -0.136. The van der Waals surface area contributed by atoms with Crippen molar-refractivity contribution in [1.82, 2.24) is 15.0 Å². The molecule has 0 atom stereocenters. The van der Waals surface area contributed by atoms with Crippen LogP contribution in [-0.2, 0) is 6.18 Å². The quantitative estimate of drug-likeness (QED) is 0.723. The third kappa shape index (κ3) is 4.31. The fourth-order valence-electron chi connectivity index (χ4n) is 2.69. The Labute approximate surface area is 148 Å². The van der Waals surface area contributed by atoms with Crippen LogP contribution < -0.4 is 15.5 Å². The smallest absolute Gasteiger partial charge is 0.395 e. The molecule has 3 N–H and O–H groups in total. The molecule has 0 bridgehead atoms. The van der Waals surface area contributed by atoms with Gasteiger partial charge in [-0.1, -0.05) is 12.1 Å². The molecular formula is C16H19F3N6O. The number of halogens is 3. The maximum atomic E-state index is 13.2. The number of nitrogens with one attached hydrogen (secondary N) is 2. The van der Waals surface area contributed by atoms with Gasteiger partial charge in [-0.15, -0.1) is 0 Å². The van der Waals surface area contributed by atoms with E-state index in [-0.39, 0.29) is 30.7 Å². The predicted octanol–water partition coefficient (Wildman–Crippen LogP) is 2.64. The summed E-state index contributed by atoms with van der Waals surface area (Å²) < 4.78 is 39.5. The molecule has 3 rings (SSSR count). The molecule has 0 spiro atoms. The third-order valence-electron chi connectivity index (χ3n) is 3.89. The minimum Gasteiger partial charge on any atom is -0.395 e. The molecule has 2 aromatic rings. The second-order valence-corrected chi connectivity index (χ2v) is 5.80. The predicted molar refractivity (Wildman–Crippen MR) is 91.6 cm³/mol. The van der Waals surface area contributed by atoms with Crippen LogP contribution in [-0.4, -0.2) is 46.3 Å². The Morgan fingerprint density at radius 2 is 1.73 bits per heavy atom. The van der Waals surface area contributed by atoms with E-state index in [0.29, 0.717) is 5.95 Å². The molecule has 10 heteroatoms. The second-order valence-electron chi connectivity index (χ2n) is 5.80. The van der Waals surface area contributed by atoms with E-state index < -0.39 is 11.7 Å². The number of benzene rings is 1. The first-order valence-corrected chi connectivity index (χ1v) is 8.26. The van der Waals surface area contributed by atoms with Gasteiger partial charge in [0.25, 0.3) is 0 Å². The highest BCUT2D eigenvalue weighted by atomic mass is 19.4. The summed E-state index contributed by atoms with van der Waals surface area (Å²) in [6.45, 7) is 1.66. The number of hydrogen-bond donors (Lipinski definition) is 3. The van der Waals surface area contributed by atoms with Gasteiger partial charge in [-0.2, -0.15) is 28.1 Å². The molecule has 1 aliphatic rings. The first kappa shape index (κ1) is 18.2. The van der Waals surface area contributed by atoms with Crippen LogP contribution in [0, 0.1) is 0 Å². The Balaban J connectivity index is 1.92. The number of nitrogens with zero attached hydrogens (tertiary/aromatic N) is 4. The summed E-state index contributed by atoms with van der Waals surface area (Å²) in [6, 6.07) is 5.15. The zero-order valence-corrected chi connectivity index (χ0v) is 13.9. The Morgan fingerprint density at radius 1 is 1.04 bits per heavy atom. The normalized spacial score (nSPS) is 14.5. The van der Waals surface area contributed by atoms with Gasteiger partial charge < -0.3 is 20.6 Å². The largest absolute Gasteiger partial charge is 0.418 e. The first-order valence-electron chi connectivity index (χ1n) is 8.26. The molecule has 1 fully saturated rings. The number of aliphatic hydroxyl groups is 1. The third-order valence-corrected chi connectivity index (χ3v) is 3.89. The fraction of sp³-hybridized carbons (Fsp3) is 0.438. The topological polar surface area (TPSA) is 86.2 Å².